The first kappa shape index (κ1) is 30.8. The van der Waals surface area contributed by atoms with E-state index in [9.17, 15) is 19.5 Å². The molecule has 9 nitrogen and oxygen atoms in total. The number of pyridine rings is 1. The SMILES string of the molecule is C=CCN(CC=C)C(=O)C(CCCCN(CCC)C(=O)OC(C)(C)C)NCc1cc(C(=O)O)ccn1. The number of aromatic carboxylic acids is 1. The number of hydrogen-bond donors (Lipinski definition) is 2. The van der Waals surface area contributed by atoms with Gasteiger partial charge in [-0.1, -0.05) is 19.1 Å². The molecule has 0 aliphatic carbocycles. The summed E-state index contributed by atoms with van der Waals surface area (Å²) in [6.07, 6.45) is 7.21. The molecule has 0 saturated carbocycles. The Balaban J connectivity index is 2.86. The zero-order valence-corrected chi connectivity index (χ0v) is 22.2. The predicted molar refractivity (Wildman–Crippen MR) is 141 cm³/mol. The third kappa shape index (κ3) is 11.5. The third-order valence-electron chi connectivity index (χ3n) is 5.22. The Labute approximate surface area is 215 Å². The summed E-state index contributed by atoms with van der Waals surface area (Å²) < 4.78 is 5.51. The van der Waals surface area contributed by atoms with Gasteiger partial charge in [0.25, 0.3) is 0 Å². The number of carbonyl (C=O) groups excluding carboxylic acids is 2. The van der Waals surface area contributed by atoms with E-state index in [0.717, 1.165) is 6.42 Å². The van der Waals surface area contributed by atoms with Crippen LogP contribution in [0.5, 0.6) is 0 Å². The topological polar surface area (TPSA) is 112 Å². The Bertz CT molecular complexity index is 871. The molecule has 1 rings (SSSR count). The molecule has 1 aromatic heterocycles. The minimum Gasteiger partial charge on any atom is -0.478 e. The van der Waals surface area contributed by atoms with Crippen molar-refractivity contribution in [2.24, 2.45) is 0 Å². The molecule has 0 radical (unpaired) electrons. The largest absolute Gasteiger partial charge is 0.478 e. The van der Waals surface area contributed by atoms with Crippen molar-refractivity contribution in [3.05, 3.63) is 54.9 Å². The van der Waals surface area contributed by atoms with Gasteiger partial charge in [-0.05, 0) is 58.6 Å². The van der Waals surface area contributed by atoms with Crippen LogP contribution in [0.15, 0.2) is 43.6 Å². The molecule has 36 heavy (non-hydrogen) atoms. The van der Waals surface area contributed by atoms with E-state index in [1.165, 1.54) is 18.3 Å². The Morgan fingerprint density at radius 3 is 2.36 bits per heavy atom. The first-order valence-corrected chi connectivity index (χ1v) is 12.4. The molecule has 2 N–H and O–H groups in total. The van der Waals surface area contributed by atoms with Crippen molar-refractivity contribution in [3.8, 4) is 0 Å². The van der Waals surface area contributed by atoms with Crippen molar-refractivity contribution in [2.75, 3.05) is 26.2 Å². The van der Waals surface area contributed by atoms with Crippen LogP contribution in [0, 0.1) is 0 Å². The van der Waals surface area contributed by atoms with Gasteiger partial charge in [-0.3, -0.25) is 9.78 Å². The third-order valence-corrected chi connectivity index (χ3v) is 5.22. The molecule has 1 atom stereocenters. The molecule has 1 unspecified atom stereocenters. The van der Waals surface area contributed by atoms with Crippen molar-refractivity contribution in [2.45, 2.75) is 71.6 Å². The second-order valence-corrected chi connectivity index (χ2v) is 9.56. The number of ether oxygens (including phenoxy) is 1. The summed E-state index contributed by atoms with van der Waals surface area (Å²) in [7, 11) is 0. The van der Waals surface area contributed by atoms with Gasteiger partial charge in [-0.2, -0.15) is 0 Å². The highest BCUT2D eigenvalue weighted by Crippen LogP contribution is 2.13. The fourth-order valence-electron chi connectivity index (χ4n) is 3.58. The van der Waals surface area contributed by atoms with Crippen molar-refractivity contribution in [1.82, 2.24) is 20.1 Å². The molecule has 0 fully saturated rings. The average Bonchev–Trinajstić information content (AvgIpc) is 2.81. The van der Waals surface area contributed by atoms with Crippen LogP contribution in [0.25, 0.3) is 0 Å². The van der Waals surface area contributed by atoms with Gasteiger partial charge < -0.3 is 25.0 Å². The predicted octanol–water partition coefficient (Wildman–Crippen LogP) is 4.26. The van der Waals surface area contributed by atoms with Crippen LogP contribution in [0.4, 0.5) is 4.79 Å². The molecule has 0 aliphatic rings. The van der Waals surface area contributed by atoms with Gasteiger partial charge in [0, 0.05) is 38.9 Å². The lowest BCUT2D eigenvalue weighted by Crippen LogP contribution is -2.46. The van der Waals surface area contributed by atoms with Crippen molar-refractivity contribution in [1.29, 1.82) is 0 Å². The molecule has 1 aromatic rings. The maximum Gasteiger partial charge on any atom is 0.410 e. The summed E-state index contributed by atoms with van der Waals surface area (Å²) in [6.45, 7) is 17.2. The molecular weight excluding hydrogens is 460 g/mol. The first-order valence-electron chi connectivity index (χ1n) is 12.4. The molecule has 0 bridgehead atoms. The van der Waals surface area contributed by atoms with E-state index >= 15 is 0 Å². The smallest absolute Gasteiger partial charge is 0.410 e. The van der Waals surface area contributed by atoms with E-state index < -0.39 is 17.6 Å². The van der Waals surface area contributed by atoms with E-state index in [1.54, 1.807) is 22.0 Å². The normalized spacial score (nSPS) is 11.9. The van der Waals surface area contributed by atoms with Crippen LogP contribution < -0.4 is 5.32 Å². The van der Waals surface area contributed by atoms with E-state index in [1.807, 2.05) is 27.7 Å². The van der Waals surface area contributed by atoms with Crippen LogP contribution in [-0.4, -0.2) is 75.7 Å². The number of carboxylic acids is 1. The molecule has 0 aromatic carbocycles. The number of carboxylic acid groups (broad SMARTS) is 1. The van der Waals surface area contributed by atoms with Gasteiger partial charge in [0.05, 0.1) is 17.3 Å². The van der Waals surface area contributed by atoms with Crippen LogP contribution >= 0.6 is 0 Å². The molecule has 200 valence electrons. The molecule has 2 amide bonds. The summed E-state index contributed by atoms with van der Waals surface area (Å²) in [5, 5.41) is 12.5. The highest BCUT2D eigenvalue weighted by molar-refractivity contribution is 5.87. The van der Waals surface area contributed by atoms with E-state index in [0.29, 0.717) is 51.1 Å². The van der Waals surface area contributed by atoms with Crippen molar-refractivity contribution in [3.63, 3.8) is 0 Å². The van der Waals surface area contributed by atoms with Gasteiger partial charge in [0.2, 0.25) is 5.91 Å². The molecule has 0 aliphatic heterocycles. The molecule has 9 heteroatoms. The fraction of sp³-hybridized carbons (Fsp3) is 0.556. The summed E-state index contributed by atoms with van der Waals surface area (Å²) in [5.41, 5.74) is 0.115. The second kappa shape index (κ2) is 15.7. The molecule has 0 spiro atoms. The van der Waals surface area contributed by atoms with Crippen LogP contribution in [0.1, 0.15) is 69.4 Å². The number of nitrogens with zero attached hydrogens (tertiary/aromatic N) is 3. The zero-order valence-electron chi connectivity index (χ0n) is 22.2. The van der Waals surface area contributed by atoms with Crippen molar-refractivity contribution < 1.29 is 24.2 Å². The molecular formula is C27H42N4O5. The standard InChI is InChI=1S/C27H42N4O5/c1-7-15-30(16-8-2)24(32)23(29-20-22-19-21(25(33)34)13-14-28-22)12-10-11-18-31(17-9-3)26(35)36-27(4,5)6/h7-8,13-14,19,23,29H,1-2,9-12,15-18,20H2,3-6H3,(H,33,34). The minimum absolute atomic E-state index is 0.0956. The van der Waals surface area contributed by atoms with Crippen LogP contribution in [-0.2, 0) is 16.1 Å². The number of hydrogen-bond acceptors (Lipinski definition) is 6. The summed E-state index contributed by atoms with van der Waals surface area (Å²) >= 11 is 0. The lowest BCUT2D eigenvalue weighted by molar-refractivity contribution is -0.132. The number of rotatable bonds is 16. The lowest BCUT2D eigenvalue weighted by atomic mass is 10.1. The Morgan fingerprint density at radius 2 is 1.81 bits per heavy atom. The number of amides is 2. The Hall–Kier alpha value is -3.20. The number of nitrogens with one attached hydrogen (secondary N) is 1. The molecule has 1 heterocycles. The Kier molecular flexibility index (Phi) is 13.5. The second-order valence-electron chi connectivity index (χ2n) is 9.56. The lowest BCUT2D eigenvalue weighted by Gasteiger charge is -2.28. The maximum atomic E-state index is 13.3. The first-order chi connectivity index (χ1) is 17.0. The highest BCUT2D eigenvalue weighted by Gasteiger charge is 2.24. The number of carbonyl (C=O) groups is 3. The summed E-state index contributed by atoms with van der Waals surface area (Å²) in [4.78, 5) is 44.6. The van der Waals surface area contributed by atoms with E-state index in [2.05, 4.69) is 23.5 Å². The van der Waals surface area contributed by atoms with Gasteiger partial charge >= 0.3 is 12.1 Å². The van der Waals surface area contributed by atoms with E-state index in [4.69, 9.17) is 4.74 Å². The van der Waals surface area contributed by atoms with Gasteiger partial charge in [0.1, 0.15) is 5.60 Å². The van der Waals surface area contributed by atoms with Gasteiger partial charge in [-0.15, -0.1) is 13.2 Å². The molecule has 0 saturated heterocycles. The van der Waals surface area contributed by atoms with Gasteiger partial charge in [0.15, 0.2) is 0 Å². The maximum absolute atomic E-state index is 13.3. The number of aromatic nitrogens is 1. The van der Waals surface area contributed by atoms with Crippen LogP contribution in [0.3, 0.4) is 0 Å². The summed E-state index contributed by atoms with van der Waals surface area (Å²) in [6, 6.07) is 2.41. The average molecular weight is 503 g/mol. The minimum atomic E-state index is -1.03. The van der Waals surface area contributed by atoms with Crippen LogP contribution in [0.2, 0.25) is 0 Å². The van der Waals surface area contributed by atoms with Crippen molar-refractivity contribution >= 4 is 18.0 Å². The monoisotopic (exact) mass is 502 g/mol. The quantitative estimate of drug-likeness (QED) is 0.257. The van der Waals surface area contributed by atoms with Gasteiger partial charge in [-0.25, -0.2) is 9.59 Å². The number of unbranched alkanes of at least 4 members (excludes halogenated alkanes) is 1. The summed E-state index contributed by atoms with van der Waals surface area (Å²) in [5.74, 6) is -1.13. The highest BCUT2D eigenvalue weighted by atomic mass is 16.6. The Morgan fingerprint density at radius 1 is 1.14 bits per heavy atom. The van der Waals surface area contributed by atoms with E-state index in [-0.39, 0.29) is 24.1 Å². The fourth-order valence-corrected chi connectivity index (χ4v) is 3.58. The zero-order chi connectivity index (χ0) is 27.1.